The molecule has 36 heavy (non-hydrogen) atoms. The molecule has 1 aromatic carbocycles. The Morgan fingerprint density at radius 3 is 2.58 bits per heavy atom. The van der Waals surface area contributed by atoms with Crippen LogP contribution in [0.25, 0.3) is 11.3 Å². The summed E-state index contributed by atoms with van der Waals surface area (Å²) in [6, 6.07) is 9.16. The van der Waals surface area contributed by atoms with Gasteiger partial charge in [-0.2, -0.15) is 13.2 Å². The number of nitrogens with one attached hydrogen (secondary N) is 2. The zero-order chi connectivity index (χ0) is 25.9. The summed E-state index contributed by atoms with van der Waals surface area (Å²) in [5, 5.41) is 6.91. The highest BCUT2D eigenvalue weighted by atomic mass is 32.1. The van der Waals surface area contributed by atoms with E-state index in [1.54, 1.807) is 24.4 Å². The molecule has 1 unspecified atom stereocenters. The van der Waals surface area contributed by atoms with E-state index >= 15 is 0 Å². The predicted molar refractivity (Wildman–Crippen MR) is 122 cm³/mol. The molecule has 0 radical (unpaired) electrons. The van der Waals surface area contributed by atoms with Crippen molar-refractivity contribution in [3.05, 3.63) is 81.4 Å². The Morgan fingerprint density at radius 1 is 1.08 bits per heavy atom. The zero-order valence-corrected chi connectivity index (χ0v) is 19.5. The molecule has 8 nitrogen and oxygen atoms in total. The number of alkyl halides is 3. The molecule has 0 saturated heterocycles. The number of urea groups is 1. The number of hydrogen-bond acceptors (Lipinski definition) is 7. The number of carbonyl (C=O) groups excluding carboxylic acids is 3. The number of rotatable bonds is 7. The molecule has 0 aliphatic carbocycles. The minimum absolute atomic E-state index is 0.0346. The summed E-state index contributed by atoms with van der Waals surface area (Å²) in [6.45, 7) is 1.24. The zero-order valence-electron chi connectivity index (χ0n) is 18.7. The van der Waals surface area contributed by atoms with Crippen LogP contribution in [0.3, 0.4) is 0 Å². The van der Waals surface area contributed by atoms with Gasteiger partial charge in [0.25, 0.3) is 0 Å². The third-order valence-electron chi connectivity index (χ3n) is 5.11. The quantitative estimate of drug-likeness (QED) is 0.422. The van der Waals surface area contributed by atoms with Crippen molar-refractivity contribution in [3.8, 4) is 11.3 Å². The van der Waals surface area contributed by atoms with Crippen molar-refractivity contribution in [2.45, 2.75) is 19.1 Å². The lowest BCUT2D eigenvalue weighted by Gasteiger charge is -2.28. The fourth-order valence-electron chi connectivity index (χ4n) is 3.51. The van der Waals surface area contributed by atoms with Crippen LogP contribution in [0.1, 0.15) is 34.0 Å². The van der Waals surface area contributed by atoms with E-state index in [0.29, 0.717) is 4.88 Å². The number of furan rings is 1. The number of hydrogen-bond donors (Lipinski definition) is 2. The normalized spacial score (nSPS) is 15.8. The second-order valence-electron chi connectivity index (χ2n) is 7.48. The number of amides is 2. The molecule has 3 aromatic rings. The smallest absolute Gasteiger partial charge is 0.416 e. The molecule has 2 aromatic heterocycles. The maximum absolute atomic E-state index is 13.0. The van der Waals surface area contributed by atoms with E-state index in [1.807, 2.05) is 0 Å². The van der Waals surface area contributed by atoms with Crippen LogP contribution >= 0.6 is 11.3 Å². The minimum atomic E-state index is -4.53. The van der Waals surface area contributed by atoms with Gasteiger partial charge in [0.15, 0.2) is 0 Å². The molecule has 12 heteroatoms. The Hall–Kier alpha value is -4.06. The van der Waals surface area contributed by atoms with Crippen molar-refractivity contribution in [1.82, 2.24) is 10.6 Å². The van der Waals surface area contributed by atoms with E-state index in [0.717, 1.165) is 12.1 Å². The van der Waals surface area contributed by atoms with E-state index in [4.69, 9.17) is 13.9 Å². The maximum Gasteiger partial charge on any atom is 0.416 e. The fraction of sp³-hybridized carbons (Fsp3) is 0.208. The van der Waals surface area contributed by atoms with Gasteiger partial charge < -0.3 is 24.5 Å². The van der Waals surface area contributed by atoms with Crippen LogP contribution in [0.15, 0.2) is 69.6 Å². The van der Waals surface area contributed by atoms with E-state index < -0.39 is 42.4 Å². The number of thiophene rings is 1. The summed E-state index contributed by atoms with van der Waals surface area (Å²) in [6.07, 6.45) is -4.53. The molecule has 188 valence electrons. The Morgan fingerprint density at radius 2 is 1.89 bits per heavy atom. The van der Waals surface area contributed by atoms with E-state index in [-0.39, 0.29) is 35.0 Å². The number of benzene rings is 1. The summed E-state index contributed by atoms with van der Waals surface area (Å²) >= 11 is 1.32. The van der Waals surface area contributed by atoms with Crippen LogP contribution in [-0.2, 0) is 20.4 Å². The second kappa shape index (κ2) is 10.3. The third kappa shape index (κ3) is 5.43. The van der Waals surface area contributed by atoms with E-state index in [2.05, 4.69) is 10.6 Å². The van der Waals surface area contributed by atoms with Gasteiger partial charge in [0, 0.05) is 10.4 Å². The molecule has 0 bridgehead atoms. The monoisotopic (exact) mass is 520 g/mol. The Balaban J connectivity index is 1.55. The Kier molecular flexibility index (Phi) is 7.15. The van der Waals surface area contributed by atoms with Crippen molar-refractivity contribution in [3.63, 3.8) is 0 Å². The number of esters is 2. The first-order valence-electron chi connectivity index (χ1n) is 10.6. The van der Waals surface area contributed by atoms with Gasteiger partial charge in [-0.25, -0.2) is 14.4 Å². The van der Waals surface area contributed by atoms with Crippen molar-refractivity contribution in [2.24, 2.45) is 0 Å². The van der Waals surface area contributed by atoms with Gasteiger partial charge in [-0.05, 0) is 42.6 Å². The van der Waals surface area contributed by atoms with Crippen LogP contribution in [0, 0.1) is 0 Å². The molecular formula is C24H19F3N2O6S. The van der Waals surface area contributed by atoms with Crippen molar-refractivity contribution >= 4 is 29.3 Å². The predicted octanol–water partition coefficient (Wildman–Crippen LogP) is 5.06. The van der Waals surface area contributed by atoms with Crippen LogP contribution < -0.4 is 10.6 Å². The summed E-state index contributed by atoms with van der Waals surface area (Å²) < 4.78 is 54.8. The SMILES string of the molecule is CCOC(=O)C1=C(COC(=O)c2ccc(-c3cccc(C(F)(F)F)c3)o2)NC(=O)NC1c1cccs1. The van der Waals surface area contributed by atoms with Gasteiger partial charge in [-0.15, -0.1) is 11.3 Å². The second-order valence-corrected chi connectivity index (χ2v) is 8.46. The first kappa shape index (κ1) is 25.0. The highest BCUT2D eigenvalue weighted by molar-refractivity contribution is 7.10. The van der Waals surface area contributed by atoms with Crippen LogP contribution in [0.4, 0.5) is 18.0 Å². The molecule has 2 N–H and O–H groups in total. The topological polar surface area (TPSA) is 107 Å². The highest BCUT2D eigenvalue weighted by Gasteiger charge is 2.35. The Bertz CT molecular complexity index is 1310. The lowest BCUT2D eigenvalue weighted by molar-refractivity contribution is -0.139. The van der Waals surface area contributed by atoms with Gasteiger partial charge >= 0.3 is 24.1 Å². The van der Waals surface area contributed by atoms with Crippen LogP contribution in [0.2, 0.25) is 0 Å². The average Bonchev–Trinajstić information content (AvgIpc) is 3.54. The standard InChI is InChI=1S/C24H19F3N2O6S/c1-2-33-22(31)19-15(28-23(32)29-20(19)18-7-4-10-36-18)12-34-21(30)17-9-8-16(35-17)13-5-3-6-14(11-13)24(25,26)27/h3-11,20H,2,12H2,1H3,(H2,28,29,32). The third-order valence-corrected chi connectivity index (χ3v) is 6.04. The summed E-state index contributed by atoms with van der Waals surface area (Å²) in [7, 11) is 0. The number of ether oxygens (including phenoxy) is 2. The molecule has 1 aliphatic rings. The molecule has 4 rings (SSSR count). The van der Waals surface area contributed by atoms with E-state index in [1.165, 1.54) is 35.6 Å². The first-order valence-corrected chi connectivity index (χ1v) is 11.5. The van der Waals surface area contributed by atoms with Gasteiger partial charge in [-0.3, -0.25) is 0 Å². The number of carbonyl (C=O) groups is 3. The van der Waals surface area contributed by atoms with Crippen LogP contribution in [-0.4, -0.2) is 31.2 Å². The highest BCUT2D eigenvalue weighted by Crippen LogP contribution is 2.33. The van der Waals surface area contributed by atoms with Crippen LogP contribution in [0.5, 0.6) is 0 Å². The molecule has 0 saturated carbocycles. The molecule has 1 atom stereocenters. The summed E-state index contributed by atoms with van der Waals surface area (Å²) in [4.78, 5) is 38.2. The van der Waals surface area contributed by atoms with Gasteiger partial charge in [0.2, 0.25) is 5.76 Å². The molecule has 3 heterocycles. The van der Waals surface area contributed by atoms with Crippen molar-refractivity contribution < 1.29 is 41.4 Å². The summed E-state index contributed by atoms with van der Waals surface area (Å²) in [5.74, 6) is -1.87. The van der Waals surface area contributed by atoms with Gasteiger partial charge in [0.1, 0.15) is 12.4 Å². The minimum Gasteiger partial charge on any atom is -0.463 e. The van der Waals surface area contributed by atoms with E-state index in [9.17, 15) is 27.6 Å². The molecule has 0 spiro atoms. The van der Waals surface area contributed by atoms with Gasteiger partial charge in [0.05, 0.1) is 29.5 Å². The molecular weight excluding hydrogens is 501 g/mol. The van der Waals surface area contributed by atoms with Crippen molar-refractivity contribution in [1.29, 1.82) is 0 Å². The average molecular weight is 520 g/mol. The Labute approximate surface area is 206 Å². The lowest BCUT2D eigenvalue weighted by atomic mass is 10.0. The summed E-state index contributed by atoms with van der Waals surface area (Å²) in [5.41, 5.74) is -0.620. The van der Waals surface area contributed by atoms with Gasteiger partial charge in [-0.1, -0.05) is 18.2 Å². The first-order chi connectivity index (χ1) is 17.2. The fourth-order valence-corrected chi connectivity index (χ4v) is 4.30. The number of halogens is 3. The lowest BCUT2D eigenvalue weighted by Crippen LogP contribution is -2.46. The molecule has 2 amide bonds. The molecule has 0 fully saturated rings. The van der Waals surface area contributed by atoms with Crippen molar-refractivity contribution in [2.75, 3.05) is 13.2 Å². The largest absolute Gasteiger partial charge is 0.463 e. The maximum atomic E-state index is 13.0. The molecule has 1 aliphatic heterocycles.